The summed E-state index contributed by atoms with van der Waals surface area (Å²) in [5, 5.41) is 16.4. The van der Waals surface area contributed by atoms with Gasteiger partial charge in [0.2, 0.25) is 0 Å². The van der Waals surface area contributed by atoms with Crippen LogP contribution in [0.5, 0.6) is 0 Å². The number of hydrogen-bond acceptors (Lipinski definition) is 5. The summed E-state index contributed by atoms with van der Waals surface area (Å²) in [6, 6.07) is 10.2. The van der Waals surface area contributed by atoms with Crippen LogP contribution >= 0.6 is 0 Å². The summed E-state index contributed by atoms with van der Waals surface area (Å²) in [7, 11) is 0. The molecule has 0 amide bonds. The lowest BCUT2D eigenvalue weighted by Gasteiger charge is -2.07. The number of anilines is 1. The summed E-state index contributed by atoms with van der Waals surface area (Å²) in [6.45, 7) is 4.90. The third-order valence-electron chi connectivity index (χ3n) is 4.15. The highest BCUT2D eigenvalue weighted by atomic mass is 16.5. The quantitative estimate of drug-likeness (QED) is 0.794. The molecule has 7 nitrogen and oxygen atoms in total. The summed E-state index contributed by atoms with van der Waals surface area (Å²) in [5.41, 5.74) is 2.28. The topological polar surface area (TPSA) is 69.8 Å². The highest BCUT2D eigenvalue weighted by Crippen LogP contribution is 2.13. The summed E-state index contributed by atoms with van der Waals surface area (Å²) in [5.74, 6) is 2.73. The maximum Gasteiger partial charge on any atom is 0.152 e. The van der Waals surface area contributed by atoms with Crippen molar-refractivity contribution >= 4 is 5.82 Å². The van der Waals surface area contributed by atoms with Crippen molar-refractivity contribution in [2.24, 2.45) is 0 Å². The second-order valence-corrected chi connectivity index (χ2v) is 5.88. The van der Waals surface area contributed by atoms with Crippen molar-refractivity contribution < 1.29 is 4.74 Å². The summed E-state index contributed by atoms with van der Waals surface area (Å²) in [6.07, 6.45) is 2.76. The second kappa shape index (κ2) is 6.45. The van der Waals surface area contributed by atoms with Gasteiger partial charge in [-0.1, -0.05) is 17.7 Å². The van der Waals surface area contributed by atoms with E-state index in [4.69, 9.17) is 4.74 Å². The van der Waals surface area contributed by atoms with E-state index in [0.717, 1.165) is 36.1 Å². The standard InChI is InChI=1S/C17H20N6O/c1-13-2-4-14(5-3-13)23-8-6-15(21-23)18-12-17-20-19-16-7-10-24-11-9-22(16)17/h2-6,8H,7,9-12H2,1H3,(H,18,21). The Bertz CT molecular complexity index is 820. The minimum Gasteiger partial charge on any atom is -0.379 e. The smallest absolute Gasteiger partial charge is 0.152 e. The Kier molecular flexibility index (Phi) is 4.00. The normalized spacial score (nSPS) is 14.2. The molecule has 1 aromatic carbocycles. The number of aromatic nitrogens is 5. The average molecular weight is 324 g/mol. The van der Waals surface area contributed by atoms with Gasteiger partial charge < -0.3 is 14.6 Å². The van der Waals surface area contributed by atoms with Crippen molar-refractivity contribution in [3.05, 3.63) is 53.7 Å². The Morgan fingerprint density at radius 3 is 2.88 bits per heavy atom. The summed E-state index contributed by atoms with van der Waals surface area (Å²) in [4.78, 5) is 0. The molecule has 124 valence electrons. The molecule has 1 aliphatic heterocycles. The third-order valence-corrected chi connectivity index (χ3v) is 4.15. The predicted octanol–water partition coefficient (Wildman–Crippen LogP) is 1.96. The molecule has 7 heteroatoms. The molecule has 0 spiro atoms. The van der Waals surface area contributed by atoms with Gasteiger partial charge in [-0.2, -0.15) is 5.10 Å². The van der Waals surface area contributed by atoms with Crippen LogP contribution in [0, 0.1) is 6.92 Å². The van der Waals surface area contributed by atoms with Crippen molar-refractivity contribution in [3.63, 3.8) is 0 Å². The number of fused-ring (bicyclic) bond motifs is 1. The van der Waals surface area contributed by atoms with E-state index in [0.29, 0.717) is 19.8 Å². The molecule has 2 aromatic heterocycles. The van der Waals surface area contributed by atoms with Gasteiger partial charge in [-0.05, 0) is 19.1 Å². The van der Waals surface area contributed by atoms with E-state index >= 15 is 0 Å². The van der Waals surface area contributed by atoms with Gasteiger partial charge in [0.05, 0.1) is 25.4 Å². The summed E-state index contributed by atoms with van der Waals surface area (Å²) >= 11 is 0. The zero-order valence-electron chi connectivity index (χ0n) is 13.6. The van der Waals surface area contributed by atoms with Crippen LogP contribution in [0.15, 0.2) is 36.5 Å². The van der Waals surface area contributed by atoms with E-state index in [1.807, 2.05) is 16.9 Å². The lowest BCUT2D eigenvalue weighted by molar-refractivity contribution is 0.139. The number of ether oxygens (including phenoxy) is 1. The fourth-order valence-corrected chi connectivity index (χ4v) is 2.80. The molecule has 1 N–H and O–H groups in total. The first-order valence-corrected chi connectivity index (χ1v) is 8.15. The SMILES string of the molecule is Cc1ccc(-n2ccc(NCc3nnc4n3CCOCC4)n2)cc1. The molecule has 3 aromatic rings. The molecule has 24 heavy (non-hydrogen) atoms. The molecule has 1 aliphatic rings. The van der Waals surface area contributed by atoms with Gasteiger partial charge in [0, 0.05) is 25.2 Å². The first-order chi connectivity index (χ1) is 11.8. The monoisotopic (exact) mass is 324 g/mol. The van der Waals surface area contributed by atoms with E-state index in [1.54, 1.807) is 0 Å². The third kappa shape index (κ3) is 3.03. The van der Waals surface area contributed by atoms with Crippen LogP contribution in [0.1, 0.15) is 17.2 Å². The molecule has 0 radical (unpaired) electrons. The predicted molar refractivity (Wildman–Crippen MR) is 90.2 cm³/mol. The molecule has 3 heterocycles. The van der Waals surface area contributed by atoms with E-state index in [-0.39, 0.29) is 0 Å². The fourth-order valence-electron chi connectivity index (χ4n) is 2.80. The minimum absolute atomic E-state index is 0.595. The molecule has 0 unspecified atom stereocenters. The van der Waals surface area contributed by atoms with Crippen LogP contribution in [0.2, 0.25) is 0 Å². The van der Waals surface area contributed by atoms with Gasteiger partial charge in [-0.15, -0.1) is 10.2 Å². The first-order valence-electron chi connectivity index (χ1n) is 8.15. The van der Waals surface area contributed by atoms with Crippen molar-refractivity contribution in [2.75, 3.05) is 18.5 Å². The molecule has 0 bridgehead atoms. The zero-order valence-corrected chi connectivity index (χ0v) is 13.6. The van der Waals surface area contributed by atoms with E-state index < -0.39 is 0 Å². The van der Waals surface area contributed by atoms with E-state index in [1.165, 1.54) is 5.56 Å². The van der Waals surface area contributed by atoms with Gasteiger partial charge in [0.25, 0.3) is 0 Å². The molecule has 0 saturated heterocycles. The number of nitrogens with one attached hydrogen (secondary N) is 1. The maximum atomic E-state index is 5.49. The van der Waals surface area contributed by atoms with Gasteiger partial charge in [0.15, 0.2) is 5.82 Å². The lowest BCUT2D eigenvalue weighted by Crippen LogP contribution is -2.12. The Morgan fingerprint density at radius 2 is 2.00 bits per heavy atom. The van der Waals surface area contributed by atoms with Crippen molar-refractivity contribution in [1.82, 2.24) is 24.5 Å². The average Bonchev–Trinajstić information content (AvgIpc) is 3.15. The molecular weight excluding hydrogens is 304 g/mol. The van der Waals surface area contributed by atoms with Crippen molar-refractivity contribution in [1.29, 1.82) is 0 Å². The number of hydrogen-bond donors (Lipinski definition) is 1. The molecular formula is C17H20N6O. The van der Waals surface area contributed by atoms with Gasteiger partial charge in [0.1, 0.15) is 11.6 Å². The molecule has 0 saturated carbocycles. The fraction of sp³-hybridized carbons (Fsp3) is 0.353. The van der Waals surface area contributed by atoms with Gasteiger partial charge in [-0.3, -0.25) is 0 Å². The Labute approximate surface area is 140 Å². The van der Waals surface area contributed by atoms with Crippen LogP contribution in [0.3, 0.4) is 0 Å². The maximum absolute atomic E-state index is 5.49. The number of aryl methyl sites for hydroxylation is 1. The minimum atomic E-state index is 0.595. The van der Waals surface area contributed by atoms with Crippen LogP contribution in [0.25, 0.3) is 5.69 Å². The highest BCUT2D eigenvalue weighted by Gasteiger charge is 2.14. The van der Waals surface area contributed by atoms with Crippen molar-refractivity contribution in [3.8, 4) is 5.69 Å². The van der Waals surface area contributed by atoms with Gasteiger partial charge >= 0.3 is 0 Å². The first kappa shape index (κ1) is 14.9. The van der Waals surface area contributed by atoms with Crippen LogP contribution < -0.4 is 5.32 Å². The Hall–Kier alpha value is -2.67. The highest BCUT2D eigenvalue weighted by molar-refractivity contribution is 5.39. The number of rotatable bonds is 4. The zero-order chi connectivity index (χ0) is 16.4. The van der Waals surface area contributed by atoms with E-state index in [9.17, 15) is 0 Å². The molecule has 4 rings (SSSR count). The Morgan fingerprint density at radius 1 is 1.12 bits per heavy atom. The molecule has 0 atom stereocenters. The van der Waals surface area contributed by atoms with Crippen molar-refractivity contribution in [2.45, 2.75) is 26.4 Å². The van der Waals surface area contributed by atoms with Gasteiger partial charge in [-0.25, -0.2) is 4.68 Å². The molecule has 0 aliphatic carbocycles. The second-order valence-electron chi connectivity index (χ2n) is 5.88. The number of nitrogens with zero attached hydrogens (tertiary/aromatic N) is 5. The van der Waals surface area contributed by atoms with Crippen LogP contribution in [0.4, 0.5) is 5.82 Å². The van der Waals surface area contributed by atoms with Crippen LogP contribution in [-0.4, -0.2) is 37.8 Å². The van der Waals surface area contributed by atoms with E-state index in [2.05, 4.69) is 56.4 Å². The lowest BCUT2D eigenvalue weighted by atomic mass is 10.2. The molecule has 0 fully saturated rings. The summed E-state index contributed by atoms with van der Waals surface area (Å²) < 4.78 is 9.49. The number of benzene rings is 1. The van der Waals surface area contributed by atoms with Crippen LogP contribution in [-0.2, 0) is 24.2 Å². The largest absolute Gasteiger partial charge is 0.379 e. The Balaban J connectivity index is 1.45.